The zero-order valence-corrected chi connectivity index (χ0v) is 11.1. The van der Waals surface area contributed by atoms with Gasteiger partial charge >= 0.3 is 6.09 Å². The van der Waals surface area contributed by atoms with Crippen molar-refractivity contribution in [3.05, 3.63) is 29.0 Å². The first kappa shape index (κ1) is 12.1. The monoisotopic (exact) mass is 296 g/mol. The van der Waals surface area contributed by atoms with Crippen LogP contribution in [0.2, 0.25) is 0 Å². The molecule has 5 heteroatoms. The van der Waals surface area contributed by atoms with Gasteiger partial charge in [-0.15, -0.1) is 0 Å². The van der Waals surface area contributed by atoms with Crippen molar-refractivity contribution >= 4 is 33.1 Å². The molecule has 0 atom stereocenters. The van der Waals surface area contributed by atoms with Gasteiger partial charge in [0.2, 0.25) is 0 Å². The predicted molar refractivity (Wildman–Crippen MR) is 69.1 cm³/mol. The summed E-state index contributed by atoms with van der Waals surface area (Å²) in [6, 6.07) is 5.58. The largest absolute Gasteiger partial charge is 0.449 e. The number of hydrogen-bond acceptors (Lipinski definition) is 3. The van der Waals surface area contributed by atoms with Crippen LogP contribution in [0, 0.1) is 0 Å². The lowest BCUT2D eigenvalue weighted by molar-refractivity contribution is 0.147. The van der Waals surface area contributed by atoms with E-state index in [1.807, 2.05) is 18.2 Å². The Morgan fingerprint density at radius 3 is 3.12 bits per heavy atom. The third-order valence-electron chi connectivity index (χ3n) is 2.43. The SMILES string of the molecule is CCCCOC(=O)n1cnc2cc(Br)ccc21. The summed E-state index contributed by atoms with van der Waals surface area (Å²) < 4.78 is 7.50. The predicted octanol–water partition coefficient (Wildman–Crippen LogP) is 3.58. The fourth-order valence-electron chi connectivity index (χ4n) is 1.50. The molecule has 17 heavy (non-hydrogen) atoms. The third kappa shape index (κ3) is 2.66. The lowest BCUT2D eigenvalue weighted by Gasteiger charge is -2.04. The van der Waals surface area contributed by atoms with Gasteiger partial charge < -0.3 is 4.74 Å². The Morgan fingerprint density at radius 2 is 2.35 bits per heavy atom. The first-order valence-corrected chi connectivity index (χ1v) is 6.31. The molecule has 0 radical (unpaired) electrons. The van der Waals surface area contributed by atoms with Gasteiger partial charge in [0.1, 0.15) is 6.33 Å². The number of hydrogen-bond donors (Lipinski definition) is 0. The van der Waals surface area contributed by atoms with Crippen LogP contribution in [0.4, 0.5) is 4.79 Å². The van der Waals surface area contributed by atoms with Gasteiger partial charge in [0, 0.05) is 4.47 Å². The van der Waals surface area contributed by atoms with Crippen molar-refractivity contribution in [1.82, 2.24) is 9.55 Å². The normalized spacial score (nSPS) is 10.7. The van der Waals surface area contributed by atoms with Crippen molar-refractivity contribution in [3.8, 4) is 0 Å². The number of fused-ring (bicyclic) bond motifs is 1. The van der Waals surface area contributed by atoms with Gasteiger partial charge in [-0.1, -0.05) is 29.3 Å². The molecule has 0 aliphatic rings. The topological polar surface area (TPSA) is 44.1 Å². The summed E-state index contributed by atoms with van der Waals surface area (Å²) >= 11 is 3.36. The molecule has 1 aromatic carbocycles. The van der Waals surface area contributed by atoms with Crippen molar-refractivity contribution in [3.63, 3.8) is 0 Å². The summed E-state index contributed by atoms with van der Waals surface area (Å²) in [5, 5.41) is 0. The van der Waals surface area contributed by atoms with E-state index in [9.17, 15) is 4.79 Å². The molecule has 0 saturated carbocycles. The Labute approximate surface area is 108 Å². The van der Waals surface area contributed by atoms with Crippen molar-refractivity contribution in [1.29, 1.82) is 0 Å². The van der Waals surface area contributed by atoms with Crippen LogP contribution in [0.5, 0.6) is 0 Å². The number of rotatable bonds is 3. The van der Waals surface area contributed by atoms with Crippen LogP contribution in [0.15, 0.2) is 29.0 Å². The Bertz CT molecular complexity index is 536. The second kappa shape index (κ2) is 5.31. The molecule has 2 rings (SSSR count). The van der Waals surface area contributed by atoms with E-state index in [2.05, 4.69) is 27.8 Å². The van der Waals surface area contributed by atoms with Gasteiger partial charge in [0.05, 0.1) is 17.6 Å². The molecule has 1 aromatic heterocycles. The second-order valence-electron chi connectivity index (χ2n) is 3.72. The number of benzene rings is 1. The molecule has 90 valence electrons. The molecule has 0 amide bonds. The standard InChI is InChI=1S/C12H13BrN2O2/c1-2-3-6-17-12(16)15-8-14-10-7-9(13)4-5-11(10)15/h4-5,7-8H,2-3,6H2,1H3. The molecule has 0 aliphatic carbocycles. The lowest BCUT2D eigenvalue weighted by atomic mass is 10.3. The van der Waals surface area contributed by atoms with Crippen LogP contribution in [0.3, 0.4) is 0 Å². The van der Waals surface area contributed by atoms with Crippen LogP contribution in [-0.4, -0.2) is 22.3 Å². The van der Waals surface area contributed by atoms with Crippen molar-refractivity contribution < 1.29 is 9.53 Å². The molecule has 0 aliphatic heterocycles. The summed E-state index contributed by atoms with van der Waals surface area (Å²) in [5.74, 6) is 0. The number of nitrogens with zero attached hydrogens (tertiary/aromatic N) is 2. The minimum atomic E-state index is -0.372. The molecule has 0 spiro atoms. The van der Waals surface area contributed by atoms with Crippen LogP contribution in [0.25, 0.3) is 11.0 Å². The smallest absolute Gasteiger partial charge is 0.419 e. The first-order valence-electron chi connectivity index (χ1n) is 5.52. The van der Waals surface area contributed by atoms with E-state index in [4.69, 9.17) is 4.74 Å². The van der Waals surface area contributed by atoms with Crippen LogP contribution in [0.1, 0.15) is 19.8 Å². The molecule has 0 unspecified atom stereocenters. The van der Waals surface area contributed by atoms with E-state index in [0.717, 1.165) is 28.3 Å². The van der Waals surface area contributed by atoms with Gasteiger partial charge in [0.25, 0.3) is 0 Å². The van der Waals surface area contributed by atoms with Crippen molar-refractivity contribution in [2.45, 2.75) is 19.8 Å². The summed E-state index contributed by atoms with van der Waals surface area (Å²) in [5.41, 5.74) is 1.53. The Morgan fingerprint density at radius 1 is 1.53 bits per heavy atom. The number of carbonyl (C=O) groups is 1. The fraction of sp³-hybridized carbons (Fsp3) is 0.333. The first-order chi connectivity index (χ1) is 8.22. The Hall–Kier alpha value is -1.36. The van der Waals surface area contributed by atoms with E-state index >= 15 is 0 Å². The maximum Gasteiger partial charge on any atom is 0.419 e. The van der Waals surface area contributed by atoms with Crippen LogP contribution in [-0.2, 0) is 4.74 Å². The molecule has 0 fully saturated rings. The maximum absolute atomic E-state index is 11.8. The highest BCUT2D eigenvalue weighted by molar-refractivity contribution is 9.10. The van der Waals surface area contributed by atoms with Gasteiger partial charge in [0.15, 0.2) is 0 Å². The number of carbonyl (C=O) groups excluding carboxylic acids is 1. The number of imidazole rings is 1. The molecule has 0 N–H and O–H groups in total. The number of ether oxygens (including phenoxy) is 1. The summed E-state index contributed by atoms with van der Waals surface area (Å²) in [7, 11) is 0. The van der Waals surface area contributed by atoms with Gasteiger partial charge in [-0.2, -0.15) is 0 Å². The molecular formula is C12H13BrN2O2. The average Bonchev–Trinajstić information content (AvgIpc) is 2.72. The average molecular weight is 297 g/mol. The minimum Gasteiger partial charge on any atom is -0.449 e. The zero-order chi connectivity index (χ0) is 12.3. The summed E-state index contributed by atoms with van der Waals surface area (Å²) in [4.78, 5) is 15.9. The fourth-order valence-corrected chi connectivity index (χ4v) is 1.85. The van der Waals surface area contributed by atoms with Crippen LogP contribution >= 0.6 is 15.9 Å². The van der Waals surface area contributed by atoms with Crippen molar-refractivity contribution in [2.24, 2.45) is 0 Å². The zero-order valence-electron chi connectivity index (χ0n) is 9.52. The Kier molecular flexibility index (Phi) is 3.78. The molecule has 1 heterocycles. The third-order valence-corrected chi connectivity index (χ3v) is 2.92. The highest BCUT2D eigenvalue weighted by Crippen LogP contribution is 2.18. The number of halogens is 1. The highest BCUT2D eigenvalue weighted by atomic mass is 79.9. The molecular weight excluding hydrogens is 284 g/mol. The number of unbranched alkanes of at least 4 members (excludes halogenated alkanes) is 1. The van der Waals surface area contributed by atoms with Crippen molar-refractivity contribution in [2.75, 3.05) is 6.61 Å². The highest BCUT2D eigenvalue weighted by Gasteiger charge is 2.10. The van der Waals surface area contributed by atoms with E-state index in [1.54, 1.807) is 0 Å². The van der Waals surface area contributed by atoms with E-state index in [0.29, 0.717) is 6.61 Å². The quantitative estimate of drug-likeness (QED) is 0.813. The molecule has 0 bridgehead atoms. The van der Waals surface area contributed by atoms with E-state index < -0.39 is 0 Å². The van der Waals surface area contributed by atoms with Crippen LogP contribution < -0.4 is 0 Å². The summed E-state index contributed by atoms with van der Waals surface area (Å²) in [6.07, 6.45) is 3.00. The minimum absolute atomic E-state index is 0.372. The summed E-state index contributed by atoms with van der Waals surface area (Å²) in [6.45, 7) is 2.50. The second-order valence-corrected chi connectivity index (χ2v) is 4.63. The molecule has 0 saturated heterocycles. The van der Waals surface area contributed by atoms with Gasteiger partial charge in [-0.05, 0) is 24.6 Å². The Balaban J connectivity index is 2.21. The lowest BCUT2D eigenvalue weighted by Crippen LogP contribution is -2.13. The van der Waals surface area contributed by atoms with E-state index in [1.165, 1.54) is 10.9 Å². The molecule has 4 nitrogen and oxygen atoms in total. The van der Waals surface area contributed by atoms with Gasteiger partial charge in [-0.25, -0.2) is 14.3 Å². The molecule has 2 aromatic rings. The van der Waals surface area contributed by atoms with E-state index in [-0.39, 0.29) is 6.09 Å². The number of aromatic nitrogens is 2. The van der Waals surface area contributed by atoms with Gasteiger partial charge in [-0.3, -0.25) is 0 Å². The maximum atomic E-state index is 11.8.